The summed E-state index contributed by atoms with van der Waals surface area (Å²) < 4.78 is 23.1. The Morgan fingerprint density at radius 1 is 0.818 bits per heavy atom. The number of rotatable bonds is 13. The molecule has 0 aliphatic rings. The zero-order valence-corrected chi connectivity index (χ0v) is 27.3. The van der Waals surface area contributed by atoms with Crippen molar-refractivity contribution in [1.82, 2.24) is 4.90 Å². The molecule has 0 spiro atoms. The van der Waals surface area contributed by atoms with Gasteiger partial charge >= 0.3 is 23.9 Å². The molecule has 0 unspecified atom stereocenters. The molecule has 11 heteroatoms. The molecule has 11 nitrogen and oxygen atoms in total. The van der Waals surface area contributed by atoms with Crippen LogP contribution in [0.4, 0.5) is 0 Å². The third kappa shape index (κ3) is 11.7. The summed E-state index contributed by atoms with van der Waals surface area (Å²) in [5.41, 5.74) is 5.64. The van der Waals surface area contributed by atoms with Gasteiger partial charge in [0.25, 0.3) is 0 Å². The van der Waals surface area contributed by atoms with E-state index in [2.05, 4.69) is 18.7 Å². The fourth-order valence-electron chi connectivity index (χ4n) is 4.30. The first-order valence-corrected chi connectivity index (χ1v) is 14.2. The van der Waals surface area contributed by atoms with Gasteiger partial charge in [0.05, 0.1) is 6.61 Å². The van der Waals surface area contributed by atoms with Crippen LogP contribution in [-0.4, -0.2) is 65.8 Å². The number of esters is 2. The Labute approximate surface area is 259 Å². The van der Waals surface area contributed by atoms with Crippen molar-refractivity contribution < 1.29 is 48.3 Å². The van der Waals surface area contributed by atoms with E-state index < -0.39 is 11.9 Å². The maximum Gasteiger partial charge on any atom is 0.328 e. The Hall–Kier alpha value is -4.38. The number of carboxylic acids is 2. The zero-order valence-electron chi connectivity index (χ0n) is 27.3. The van der Waals surface area contributed by atoms with Gasteiger partial charge in [0.2, 0.25) is 0 Å². The molecule has 242 valence electrons. The summed E-state index contributed by atoms with van der Waals surface area (Å²) in [5, 5.41) is 15.6. The summed E-state index contributed by atoms with van der Waals surface area (Å²) in [5.74, 6) is -0.183. The molecule has 0 saturated carbocycles. The van der Waals surface area contributed by atoms with Crippen LogP contribution < -0.4 is 18.9 Å². The highest BCUT2D eigenvalue weighted by atomic mass is 16.5. The molecule has 0 atom stereocenters. The van der Waals surface area contributed by atoms with Crippen LogP contribution in [0.5, 0.6) is 23.0 Å². The monoisotopic (exact) mass is 615 g/mol. The lowest BCUT2D eigenvalue weighted by molar-refractivity contribution is -0.134. The Bertz CT molecular complexity index is 1360. The van der Waals surface area contributed by atoms with Gasteiger partial charge in [-0.2, -0.15) is 0 Å². The van der Waals surface area contributed by atoms with Crippen LogP contribution in [0.3, 0.4) is 0 Å². The number of aryl methyl sites for hydroxylation is 1. The molecule has 0 amide bonds. The largest absolute Gasteiger partial charge is 0.493 e. The number of carbonyl (C=O) groups is 4. The summed E-state index contributed by atoms with van der Waals surface area (Å²) in [6.07, 6.45) is 1.12. The predicted octanol–water partition coefficient (Wildman–Crippen LogP) is 5.52. The predicted molar refractivity (Wildman–Crippen MR) is 166 cm³/mol. The number of nitrogens with zero attached hydrogens (tertiary/aromatic N) is 1. The van der Waals surface area contributed by atoms with E-state index in [4.69, 9.17) is 29.2 Å². The van der Waals surface area contributed by atoms with E-state index in [9.17, 15) is 19.2 Å². The van der Waals surface area contributed by atoms with Crippen molar-refractivity contribution >= 4 is 23.9 Å². The van der Waals surface area contributed by atoms with E-state index >= 15 is 0 Å². The first-order chi connectivity index (χ1) is 20.5. The Morgan fingerprint density at radius 2 is 1.36 bits per heavy atom. The maximum atomic E-state index is 11.7. The van der Waals surface area contributed by atoms with Crippen LogP contribution in [0, 0.1) is 27.7 Å². The standard InChI is InChI=1S/C29H41NO6.C4H4O4/c1-11-33-29-20(6)19(5)28(36-23(9)32)21(7)25(29)16-30(10)12-13-34-27-14-18(4)26(35-22(8)31)15-24(27)17(2)3;5-3(6)1-2-4(7)8/h14-15,17H,11-13,16H2,1-10H3;1-2H,(H,5,6)(H,7,8)/b;2-1+. The van der Waals surface area contributed by atoms with Gasteiger partial charge in [-0.15, -0.1) is 0 Å². The van der Waals surface area contributed by atoms with Crippen molar-refractivity contribution in [3.05, 3.63) is 57.7 Å². The second-order valence-electron chi connectivity index (χ2n) is 10.5. The zero-order chi connectivity index (χ0) is 33.7. The molecule has 2 aromatic carbocycles. The van der Waals surface area contributed by atoms with E-state index in [1.807, 2.05) is 53.8 Å². The summed E-state index contributed by atoms with van der Waals surface area (Å²) in [6.45, 7) is 19.1. The average Bonchev–Trinajstić information content (AvgIpc) is 2.91. The van der Waals surface area contributed by atoms with Gasteiger partial charge in [-0.05, 0) is 76.4 Å². The van der Waals surface area contributed by atoms with Gasteiger partial charge in [-0.1, -0.05) is 13.8 Å². The molecule has 0 saturated heterocycles. The van der Waals surface area contributed by atoms with Crippen molar-refractivity contribution in [3.8, 4) is 23.0 Å². The van der Waals surface area contributed by atoms with Gasteiger partial charge in [-0.3, -0.25) is 14.5 Å². The molecule has 2 rings (SSSR count). The van der Waals surface area contributed by atoms with Gasteiger partial charge in [0, 0.05) is 55.8 Å². The molecule has 44 heavy (non-hydrogen) atoms. The number of hydrogen-bond acceptors (Lipinski definition) is 9. The second kappa shape index (κ2) is 17.7. The molecule has 0 fully saturated rings. The maximum absolute atomic E-state index is 11.7. The minimum absolute atomic E-state index is 0.208. The molecule has 0 radical (unpaired) electrons. The summed E-state index contributed by atoms with van der Waals surface area (Å²) in [4.78, 5) is 44.4. The first-order valence-electron chi connectivity index (χ1n) is 14.2. The van der Waals surface area contributed by atoms with Gasteiger partial charge < -0.3 is 29.2 Å². The van der Waals surface area contributed by atoms with E-state index in [-0.39, 0.29) is 17.9 Å². The number of carbonyl (C=O) groups excluding carboxylic acids is 2. The number of benzene rings is 2. The molecule has 0 aliphatic carbocycles. The molecule has 0 bridgehead atoms. The molecule has 0 aliphatic heterocycles. The lowest BCUT2D eigenvalue weighted by Gasteiger charge is -2.25. The Morgan fingerprint density at radius 3 is 1.84 bits per heavy atom. The van der Waals surface area contributed by atoms with Crippen LogP contribution in [0.2, 0.25) is 0 Å². The molecular weight excluding hydrogens is 570 g/mol. The van der Waals surface area contributed by atoms with E-state index in [0.29, 0.717) is 50.0 Å². The average molecular weight is 616 g/mol. The van der Waals surface area contributed by atoms with Crippen molar-refractivity contribution in [2.24, 2.45) is 0 Å². The lowest BCUT2D eigenvalue weighted by Crippen LogP contribution is -2.25. The third-order valence-corrected chi connectivity index (χ3v) is 6.56. The van der Waals surface area contributed by atoms with Crippen LogP contribution in [0.1, 0.15) is 73.9 Å². The van der Waals surface area contributed by atoms with Crippen molar-refractivity contribution in [3.63, 3.8) is 0 Å². The topological polar surface area (TPSA) is 149 Å². The number of likely N-dealkylation sites (N-methyl/N-ethyl adjacent to an activating group) is 1. The first kappa shape index (κ1) is 37.6. The minimum atomic E-state index is -1.26. The van der Waals surface area contributed by atoms with E-state index in [0.717, 1.165) is 44.9 Å². The van der Waals surface area contributed by atoms with Crippen molar-refractivity contribution in [2.75, 3.05) is 26.8 Å². The van der Waals surface area contributed by atoms with Gasteiger partial charge in [-0.25, -0.2) is 9.59 Å². The number of hydrogen-bond donors (Lipinski definition) is 2. The summed E-state index contributed by atoms with van der Waals surface area (Å²) in [7, 11) is 2.03. The normalized spacial score (nSPS) is 10.8. The quantitative estimate of drug-likeness (QED) is 0.167. The van der Waals surface area contributed by atoms with Crippen LogP contribution >= 0.6 is 0 Å². The second-order valence-corrected chi connectivity index (χ2v) is 10.5. The summed E-state index contributed by atoms with van der Waals surface area (Å²) >= 11 is 0. The summed E-state index contributed by atoms with van der Waals surface area (Å²) in [6, 6.07) is 3.82. The highest BCUT2D eigenvalue weighted by Gasteiger charge is 2.22. The van der Waals surface area contributed by atoms with E-state index in [1.165, 1.54) is 13.8 Å². The fraction of sp³-hybridized carbons (Fsp3) is 0.455. The van der Waals surface area contributed by atoms with Crippen molar-refractivity contribution in [2.45, 2.75) is 74.8 Å². The fourth-order valence-corrected chi connectivity index (χ4v) is 4.30. The number of ether oxygens (including phenoxy) is 4. The molecular formula is C33H45NO10. The highest BCUT2D eigenvalue weighted by Crippen LogP contribution is 2.39. The van der Waals surface area contributed by atoms with E-state index in [1.54, 1.807) is 0 Å². The lowest BCUT2D eigenvalue weighted by atomic mass is 9.96. The van der Waals surface area contributed by atoms with Gasteiger partial charge in [0.1, 0.15) is 29.6 Å². The van der Waals surface area contributed by atoms with Crippen molar-refractivity contribution in [1.29, 1.82) is 0 Å². The van der Waals surface area contributed by atoms with Crippen LogP contribution in [-0.2, 0) is 25.7 Å². The van der Waals surface area contributed by atoms with Crippen LogP contribution in [0.15, 0.2) is 24.3 Å². The molecule has 0 heterocycles. The third-order valence-electron chi connectivity index (χ3n) is 6.56. The highest BCUT2D eigenvalue weighted by molar-refractivity contribution is 5.89. The SMILES string of the molecule is CCOc1c(C)c(C)c(OC(C)=O)c(C)c1CN(C)CCOc1cc(C)c(OC(C)=O)cc1C(C)C.O=C(O)/C=C/C(=O)O. The Kier molecular flexibility index (Phi) is 15.1. The Balaban J connectivity index is 0.00000106. The number of aliphatic carboxylic acids is 2. The minimum Gasteiger partial charge on any atom is -0.493 e. The molecule has 2 aromatic rings. The smallest absolute Gasteiger partial charge is 0.328 e. The molecule has 0 aromatic heterocycles. The van der Waals surface area contributed by atoms with Crippen LogP contribution in [0.25, 0.3) is 0 Å². The number of carboxylic acid groups (broad SMARTS) is 2. The van der Waals surface area contributed by atoms with Gasteiger partial charge in [0.15, 0.2) is 0 Å². The molecule has 2 N–H and O–H groups in total.